The number of nitro groups is 1. The highest BCUT2D eigenvalue weighted by Gasteiger charge is 2.23. The van der Waals surface area contributed by atoms with E-state index in [1.54, 1.807) is 6.92 Å². The molecule has 0 saturated carbocycles. The molecule has 0 heterocycles. The molecule has 7 nitrogen and oxygen atoms in total. The number of carboxylic acid groups (broad SMARTS) is 1. The lowest BCUT2D eigenvalue weighted by Crippen LogP contribution is -2.41. The number of nitrogens with zero attached hydrogens (tertiary/aromatic N) is 1. The van der Waals surface area contributed by atoms with Crippen LogP contribution in [0.2, 0.25) is 5.02 Å². The van der Waals surface area contributed by atoms with Gasteiger partial charge in [0.1, 0.15) is 11.9 Å². The van der Waals surface area contributed by atoms with Crippen LogP contribution in [0, 0.1) is 15.9 Å². The predicted octanol–water partition coefficient (Wildman–Crippen LogP) is 2.30. The number of aliphatic carboxylic acids is 1. The number of benzene rings is 1. The Morgan fingerprint density at radius 3 is 2.64 bits per heavy atom. The zero-order valence-electron chi connectivity index (χ0n) is 11.6. The molecule has 0 spiro atoms. The molecule has 1 unspecified atom stereocenters. The van der Waals surface area contributed by atoms with E-state index in [2.05, 4.69) is 5.32 Å². The maximum Gasteiger partial charge on any atom is 0.326 e. The van der Waals surface area contributed by atoms with Crippen LogP contribution in [0.25, 0.3) is 0 Å². The van der Waals surface area contributed by atoms with Gasteiger partial charge in [0.25, 0.3) is 5.69 Å². The number of nitro benzene ring substituents is 1. The molecule has 22 heavy (non-hydrogen) atoms. The molecule has 0 aliphatic heterocycles. The molecule has 0 saturated heterocycles. The van der Waals surface area contributed by atoms with E-state index < -0.39 is 45.8 Å². The molecule has 0 radical (unpaired) electrons. The van der Waals surface area contributed by atoms with E-state index >= 15 is 0 Å². The molecule has 1 atom stereocenters. The Labute approximate surface area is 130 Å². The molecule has 0 fully saturated rings. The summed E-state index contributed by atoms with van der Waals surface area (Å²) in [4.78, 5) is 32.9. The average molecular weight is 333 g/mol. The van der Waals surface area contributed by atoms with Crippen LogP contribution in [0.1, 0.15) is 25.3 Å². The second-order valence-corrected chi connectivity index (χ2v) is 4.98. The molecular weight excluding hydrogens is 319 g/mol. The fourth-order valence-electron chi connectivity index (χ4n) is 1.85. The standard InChI is InChI=1S/C13H14ClFN2O5/c1-2-3-10(13(19)20)16-12(18)5-7-4-9(15)8(14)6-11(7)17(21)22/h4,6,10H,2-3,5H2,1H3,(H,16,18)(H,19,20). The molecule has 1 aromatic carbocycles. The topological polar surface area (TPSA) is 110 Å². The van der Waals surface area contributed by atoms with Gasteiger partial charge in [-0.2, -0.15) is 0 Å². The van der Waals surface area contributed by atoms with Crippen molar-refractivity contribution < 1.29 is 24.0 Å². The molecule has 0 aliphatic rings. The summed E-state index contributed by atoms with van der Waals surface area (Å²) in [6, 6.07) is 0.532. The highest BCUT2D eigenvalue weighted by molar-refractivity contribution is 6.31. The molecule has 0 bridgehead atoms. The molecule has 1 rings (SSSR count). The van der Waals surface area contributed by atoms with Gasteiger partial charge in [-0.1, -0.05) is 24.9 Å². The van der Waals surface area contributed by atoms with E-state index in [4.69, 9.17) is 16.7 Å². The molecule has 0 aliphatic carbocycles. The first-order chi connectivity index (χ1) is 10.3. The van der Waals surface area contributed by atoms with Crippen LogP contribution in [-0.4, -0.2) is 27.9 Å². The second-order valence-electron chi connectivity index (χ2n) is 4.58. The highest BCUT2D eigenvalue weighted by atomic mass is 35.5. The van der Waals surface area contributed by atoms with Crippen molar-refractivity contribution in [1.82, 2.24) is 5.32 Å². The summed E-state index contributed by atoms with van der Waals surface area (Å²) in [5, 5.41) is 21.7. The van der Waals surface area contributed by atoms with Gasteiger partial charge in [-0.15, -0.1) is 0 Å². The highest BCUT2D eigenvalue weighted by Crippen LogP contribution is 2.26. The molecule has 1 aromatic rings. The lowest BCUT2D eigenvalue weighted by Gasteiger charge is -2.13. The lowest BCUT2D eigenvalue weighted by molar-refractivity contribution is -0.385. The van der Waals surface area contributed by atoms with E-state index in [1.807, 2.05) is 0 Å². The van der Waals surface area contributed by atoms with Gasteiger partial charge in [0.05, 0.1) is 16.4 Å². The van der Waals surface area contributed by atoms with Crippen LogP contribution < -0.4 is 5.32 Å². The van der Waals surface area contributed by atoms with Gasteiger partial charge in [0, 0.05) is 11.6 Å². The second kappa shape index (κ2) is 7.69. The van der Waals surface area contributed by atoms with Gasteiger partial charge >= 0.3 is 5.97 Å². The minimum atomic E-state index is -1.20. The summed E-state index contributed by atoms with van der Waals surface area (Å²) in [5.41, 5.74) is -0.672. The minimum Gasteiger partial charge on any atom is -0.480 e. The summed E-state index contributed by atoms with van der Waals surface area (Å²) < 4.78 is 13.4. The van der Waals surface area contributed by atoms with E-state index in [-0.39, 0.29) is 12.0 Å². The predicted molar refractivity (Wildman–Crippen MR) is 76.2 cm³/mol. The van der Waals surface area contributed by atoms with Gasteiger partial charge < -0.3 is 10.4 Å². The quantitative estimate of drug-likeness (QED) is 0.588. The summed E-state index contributed by atoms with van der Waals surface area (Å²) in [5.74, 6) is -2.84. The molecule has 9 heteroatoms. The smallest absolute Gasteiger partial charge is 0.326 e. The number of rotatable bonds is 7. The van der Waals surface area contributed by atoms with Gasteiger partial charge in [-0.05, 0) is 12.5 Å². The van der Waals surface area contributed by atoms with Gasteiger partial charge in [0.2, 0.25) is 5.91 Å². The molecule has 2 N–H and O–H groups in total. The maximum atomic E-state index is 13.4. The summed E-state index contributed by atoms with van der Waals surface area (Å²) in [6.07, 6.45) is 0.239. The monoisotopic (exact) mass is 332 g/mol. The van der Waals surface area contributed by atoms with Crippen molar-refractivity contribution in [3.63, 3.8) is 0 Å². The van der Waals surface area contributed by atoms with Crippen molar-refractivity contribution in [2.75, 3.05) is 0 Å². The van der Waals surface area contributed by atoms with Crippen molar-refractivity contribution in [2.45, 2.75) is 32.2 Å². The first kappa shape index (κ1) is 17.8. The summed E-state index contributed by atoms with van der Waals surface area (Å²) >= 11 is 5.48. The number of nitrogens with one attached hydrogen (secondary N) is 1. The number of carbonyl (C=O) groups is 2. The average Bonchev–Trinajstić information content (AvgIpc) is 2.41. The molecule has 0 aromatic heterocycles. The lowest BCUT2D eigenvalue weighted by atomic mass is 10.1. The largest absolute Gasteiger partial charge is 0.480 e. The normalized spacial score (nSPS) is 11.8. The first-order valence-electron chi connectivity index (χ1n) is 6.40. The zero-order valence-corrected chi connectivity index (χ0v) is 12.4. The van der Waals surface area contributed by atoms with Crippen molar-refractivity contribution in [1.29, 1.82) is 0 Å². The van der Waals surface area contributed by atoms with E-state index in [9.17, 15) is 24.1 Å². The third-order valence-electron chi connectivity index (χ3n) is 2.88. The number of hydrogen-bond donors (Lipinski definition) is 2. The Bertz CT molecular complexity index is 608. The van der Waals surface area contributed by atoms with Gasteiger partial charge in [-0.3, -0.25) is 14.9 Å². The van der Waals surface area contributed by atoms with E-state index in [1.165, 1.54) is 0 Å². The van der Waals surface area contributed by atoms with E-state index in [0.717, 1.165) is 12.1 Å². The van der Waals surface area contributed by atoms with E-state index in [0.29, 0.717) is 6.42 Å². The summed E-state index contributed by atoms with van der Waals surface area (Å²) in [7, 11) is 0. The SMILES string of the molecule is CCCC(NC(=O)Cc1cc(F)c(Cl)cc1[N+](=O)[O-])C(=O)O. The maximum absolute atomic E-state index is 13.4. The molecular formula is C13H14ClFN2O5. The third kappa shape index (κ3) is 4.66. The Morgan fingerprint density at radius 2 is 2.14 bits per heavy atom. The fraction of sp³-hybridized carbons (Fsp3) is 0.385. The molecule has 120 valence electrons. The van der Waals surface area contributed by atoms with Crippen molar-refractivity contribution in [3.8, 4) is 0 Å². The fourth-order valence-corrected chi connectivity index (χ4v) is 2.01. The zero-order chi connectivity index (χ0) is 16.9. The first-order valence-corrected chi connectivity index (χ1v) is 6.78. The van der Waals surface area contributed by atoms with Gasteiger partial charge in [0.15, 0.2) is 0 Å². The Morgan fingerprint density at radius 1 is 1.50 bits per heavy atom. The minimum absolute atomic E-state index is 0.176. The van der Waals surface area contributed by atoms with Crippen LogP contribution in [0.5, 0.6) is 0 Å². The van der Waals surface area contributed by atoms with Crippen LogP contribution in [0.3, 0.4) is 0 Å². The summed E-state index contributed by atoms with van der Waals surface area (Å²) in [6.45, 7) is 1.75. The number of halogens is 2. The third-order valence-corrected chi connectivity index (χ3v) is 3.17. The van der Waals surface area contributed by atoms with Crippen LogP contribution >= 0.6 is 11.6 Å². The van der Waals surface area contributed by atoms with Crippen molar-refractivity contribution in [2.24, 2.45) is 0 Å². The number of carbonyl (C=O) groups excluding carboxylic acids is 1. The Hall–Kier alpha value is -2.22. The van der Waals surface area contributed by atoms with Gasteiger partial charge in [-0.25, -0.2) is 9.18 Å². The number of carboxylic acids is 1. The number of amides is 1. The molecule has 1 amide bonds. The van der Waals surface area contributed by atoms with Crippen molar-refractivity contribution in [3.05, 3.63) is 38.7 Å². The number of hydrogen-bond acceptors (Lipinski definition) is 4. The van der Waals surface area contributed by atoms with Crippen LogP contribution in [0.15, 0.2) is 12.1 Å². The van der Waals surface area contributed by atoms with Crippen LogP contribution in [-0.2, 0) is 16.0 Å². The van der Waals surface area contributed by atoms with Crippen LogP contribution in [0.4, 0.5) is 10.1 Å². The van der Waals surface area contributed by atoms with Crippen molar-refractivity contribution >= 4 is 29.2 Å². The Balaban J connectivity index is 2.94. The Kier molecular flexibility index (Phi) is 6.24.